The number of thiazole rings is 1. The molecule has 1 atom stereocenters. The van der Waals surface area contributed by atoms with E-state index in [0.29, 0.717) is 6.04 Å². The van der Waals surface area contributed by atoms with Crippen molar-refractivity contribution < 1.29 is 0 Å². The first kappa shape index (κ1) is 14.4. The highest BCUT2D eigenvalue weighted by atomic mass is 32.1. The summed E-state index contributed by atoms with van der Waals surface area (Å²) in [6.45, 7) is 9.15. The Labute approximate surface area is 109 Å². The van der Waals surface area contributed by atoms with E-state index in [4.69, 9.17) is 0 Å². The Morgan fingerprint density at radius 2 is 2.41 bits per heavy atom. The summed E-state index contributed by atoms with van der Waals surface area (Å²) >= 11 is 1.74. The number of hydrogen-bond donors (Lipinski definition) is 1. The molecule has 0 bridgehead atoms. The van der Waals surface area contributed by atoms with Crippen LogP contribution in [0.15, 0.2) is 18.0 Å². The summed E-state index contributed by atoms with van der Waals surface area (Å²) in [6, 6.07) is 0.566. The molecule has 0 radical (unpaired) electrons. The van der Waals surface area contributed by atoms with Crippen molar-refractivity contribution in [3.63, 3.8) is 0 Å². The van der Waals surface area contributed by atoms with Crippen molar-refractivity contribution in [2.45, 2.75) is 52.0 Å². The third kappa shape index (κ3) is 5.99. The van der Waals surface area contributed by atoms with E-state index in [1.807, 2.05) is 6.08 Å². The molecular weight excluding hydrogens is 228 g/mol. The van der Waals surface area contributed by atoms with Gasteiger partial charge in [-0.25, -0.2) is 4.98 Å². The molecule has 3 heteroatoms. The zero-order chi connectivity index (χ0) is 12.5. The monoisotopic (exact) mass is 252 g/mol. The van der Waals surface area contributed by atoms with E-state index in [9.17, 15) is 0 Å². The Hall–Kier alpha value is -0.670. The van der Waals surface area contributed by atoms with Gasteiger partial charge < -0.3 is 5.32 Å². The maximum Gasteiger partial charge on any atom is 0.0897 e. The van der Waals surface area contributed by atoms with E-state index >= 15 is 0 Å². The third-order valence-corrected chi connectivity index (χ3v) is 3.59. The number of nitrogens with one attached hydrogen (secondary N) is 1. The molecule has 96 valence electrons. The fraction of sp³-hybridized carbons (Fsp3) is 0.643. The van der Waals surface area contributed by atoms with Crippen LogP contribution in [0.4, 0.5) is 0 Å². The highest BCUT2D eigenvalue weighted by Crippen LogP contribution is 2.13. The van der Waals surface area contributed by atoms with Gasteiger partial charge in [0.1, 0.15) is 0 Å². The lowest BCUT2D eigenvalue weighted by Crippen LogP contribution is -2.31. The van der Waals surface area contributed by atoms with E-state index in [2.05, 4.69) is 36.1 Å². The molecule has 0 saturated carbocycles. The SMILES string of the molecule is C=CCCCC(Cc1csc(C)n1)NCCC. The first-order valence-corrected chi connectivity index (χ1v) is 7.39. The van der Waals surface area contributed by atoms with E-state index in [0.717, 1.165) is 19.4 Å². The van der Waals surface area contributed by atoms with Crippen LogP contribution in [-0.4, -0.2) is 17.6 Å². The van der Waals surface area contributed by atoms with Crippen LogP contribution in [0.3, 0.4) is 0 Å². The molecule has 0 aromatic carbocycles. The third-order valence-electron chi connectivity index (χ3n) is 2.77. The molecule has 1 aromatic heterocycles. The van der Waals surface area contributed by atoms with Crippen LogP contribution in [0.25, 0.3) is 0 Å². The molecule has 1 heterocycles. The zero-order valence-electron chi connectivity index (χ0n) is 11.0. The average molecular weight is 252 g/mol. The molecule has 0 aliphatic rings. The first-order chi connectivity index (χ1) is 8.26. The van der Waals surface area contributed by atoms with Crippen molar-refractivity contribution >= 4 is 11.3 Å². The molecule has 0 aliphatic carbocycles. The van der Waals surface area contributed by atoms with Crippen LogP contribution in [0.1, 0.15) is 43.3 Å². The van der Waals surface area contributed by atoms with Gasteiger partial charge in [-0.2, -0.15) is 0 Å². The van der Waals surface area contributed by atoms with Gasteiger partial charge in [0, 0.05) is 17.8 Å². The van der Waals surface area contributed by atoms with Gasteiger partial charge in [0.15, 0.2) is 0 Å². The highest BCUT2D eigenvalue weighted by Gasteiger charge is 2.10. The van der Waals surface area contributed by atoms with Gasteiger partial charge in [0.2, 0.25) is 0 Å². The number of rotatable bonds is 9. The summed E-state index contributed by atoms with van der Waals surface area (Å²) in [5, 5.41) is 6.97. The van der Waals surface area contributed by atoms with Crippen molar-refractivity contribution in [2.24, 2.45) is 0 Å². The number of unbranched alkanes of at least 4 members (excludes halogenated alkanes) is 1. The molecule has 0 fully saturated rings. The normalized spacial score (nSPS) is 12.6. The Kier molecular flexibility index (Phi) is 7.13. The Bertz CT molecular complexity index is 320. The summed E-state index contributed by atoms with van der Waals surface area (Å²) in [6.07, 6.45) is 7.79. The smallest absolute Gasteiger partial charge is 0.0897 e. The van der Waals surface area contributed by atoms with Crippen LogP contribution in [0, 0.1) is 6.92 Å². The largest absolute Gasteiger partial charge is 0.314 e. The minimum absolute atomic E-state index is 0.566. The van der Waals surface area contributed by atoms with Crippen LogP contribution in [0.2, 0.25) is 0 Å². The lowest BCUT2D eigenvalue weighted by molar-refractivity contribution is 0.463. The Morgan fingerprint density at radius 3 is 3.00 bits per heavy atom. The second kappa shape index (κ2) is 8.43. The van der Waals surface area contributed by atoms with Crippen LogP contribution in [-0.2, 0) is 6.42 Å². The second-order valence-corrected chi connectivity index (χ2v) is 5.49. The number of allylic oxidation sites excluding steroid dienone is 1. The van der Waals surface area contributed by atoms with Crippen LogP contribution < -0.4 is 5.32 Å². The minimum atomic E-state index is 0.566. The molecule has 0 saturated heterocycles. The average Bonchev–Trinajstić information content (AvgIpc) is 2.72. The molecule has 1 N–H and O–H groups in total. The lowest BCUT2D eigenvalue weighted by Gasteiger charge is -2.17. The minimum Gasteiger partial charge on any atom is -0.314 e. The first-order valence-electron chi connectivity index (χ1n) is 6.51. The Morgan fingerprint density at radius 1 is 1.59 bits per heavy atom. The lowest BCUT2D eigenvalue weighted by atomic mass is 10.0. The molecule has 1 unspecified atom stereocenters. The predicted molar refractivity (Wildman–Crippen MR) is 76.7 cm³/mol. The van der Waals surface area contributed by atoms with E-state index < -0.39 is 0 Å². The topological polar surface area (TPSA) is 24.9 Å². The molecule has 2 nitrogen and oxygen atoms in total. The number of aromatic nitrogens is 1. The van der Waals surface area contributed by atoms with Crippen LogP contribution >= 0.6 is 11.3 Å². The maximum absolute atomic E-state index is 4.55. The van der Waals surface area contributed by atoms with Gasteiger partial charge >= 0.3 is 0 Å². The van der Waals surface area contributed by atoms with Gasteiger partial charge in [0.05, 0.1) is 10.7 Å². The van der Waals surface area contributed by atoms with Crippen molar-refractivity contribution in [2.75, 3.05) is 6.54 Å². The predicted octanol–water partition coefficient (Wildman–Crippen LogP) is 3.72. The van der Waals surface area contributed by atoms with Crippen molar-refractivity contribution in [3.8, 4) is 0 Å². The fourth-order valence-electron chi connectivity index (χ4n) is 1.89. The van der Waals surface area contributed by atoms with Gasteiger partial charge in [-0.05, 0) is 39.2 Å². The number of aryl methyl sites for hydroxylation is 1. The summed E-state index contributed by atoms with van der Waals surface area (Å²) < 4.78 is 0. The maximum atomic E-state index is 4.55. The summed E-state index contributed by atoms with van der Waals surface area (Å²) in [5.41, 5.74) is 1.24. The zero-order valence-corrected chi connectivity index (χ0v) is 11.9. The quantitative estimate of drug-likeness (QED) is 0.535. The molecule has 0 aliphatic heterocycles. The van der Waals surface area contributed by atoms with Gasteiger partial charge in [-0.15, -0.1) is 17.9 Å². The molecule has 0 spiro atoms. The summed E-state index contributed by atoms with van der Waals surface area (Å²) in [4.78, 5) is 4.55. The van der Waals surface area contributed by atoms with E-state index in [-0.39, 0.29) is 0 Å². The molecular formula is C14H24N2S. The van der Waals surface area contributed by atoms with E-state index in [1.54, 1.807) is 11.3 Å². The molecule has 1 rings (SSSR count). The standard InChI is InChI=1S/C14H24N2S/c1-4-6-7-8-13(15-9-5-2)10-14-11-17-12(3)16-14/h4,11,13,15H,1,5-10H2,2-3H3. The van der Waals surface area contributed by atoms with Gasteiger partial charge in [-0.1, -0.05) is 13.0 Å². The van der Waals surface area contributed by atoms with Gasteiger partial charge in [0.25, 0.3) is 0 Å². The number of hydrogen-bond acceptors (Lipinski definition) is 3. The van der Waals surface area contributed by atoms with Crippen molar-refractivity contribution in [1.82, 2.24) is 10.3 Å². The molecule has 0 amide bonds. The second-order valence-electron chi connectivity index (χ2n) is 4.43. The summed E-state index contributed by atoms with van der Waals surface area (Å²) in [7, 11) is 0. The van der Waals surface area contributed by atoms with Gasteiger partial charge in [-0.3, -0.25) is 0 Å². The summed E-state index contributed by atoms with van der Waals surface area (Å²) in [5.74, 6) is 0. The Balaban J connectivity index is 2.41. The highest BCUT2D eigenvalue weighted by molar-refractivity contribution is 7.09. The molecule has 1 aromatic rings. The number of nitrogens with zero attached hydrogens (tertiary/aromatic N) is 1. The van der Waals surface area contributed by atoms with E-state index in [1.165, 1.54) is 30.0 Å². The fourth-order valence-corrected chi connectivity index (χ4v) is 2.51. The van der Waals surface area contributed by atoms with Crippen molar-refractivity contribution in [1.29, 1.82) is 0 Å². The van der Waals surface area contributed by atoms with Crippen molar-refractivity contribution in [3.05, 3.63) is 28.7 Å². The van der Waals surface area contributed by atoms with Crippen LogP contribution in [0.5, 0.6) is 0 Å². The molecule has 17 heavy (non-hydrogen) atoms.